The molecule has 3 heterocycles. The molecular formula is C18H19N5O4. The number of aromatic nitrogens is 3. The number of nitrogens with one attached hydrogen (secondary N) is 1. The van der Waals surface area contributed by atoms with Gasteiger partial charge >= 0.3 is 5.69 Å². The first-order valence-corrected chi connectivity index (χ1v) is 8.78. The summed E-state index contributed by atoms with van der Waals surface area (Å²) in [6.07, 6.45) is 1.41. The zero-order chi connectivity index (χ0) is 19.1. The first-order valence-electron chi connectivity index (χ1n) is 8.78. The number of nitrogens with zero attached hydrogens (tertiary/aromatic N) is 4. The van der Waals surface area contributed by atoms with Crippen molar-refractivity contribution in [1.82, 2.24) is 19.7 Å². The molecule has 2 fully saturated rings. The lowest BCUT2D eigenvalue weighted by Gasteiger charge is -2.38. The van der Waals surface area contributed by atoms with E-state index in [2.05, 4.69) is 15.3 Å². The summed E-state index contributed by atoms with van der Waals surface area (Å²) in [6.45, 7) is 1.43. The van der Waals surface area contributed by atoms with Crippen LogP contribution >= 0.6 is 0 Å². The fraction of sp³-hybridized carbons (Fsp3) is 0.389. The number of amides is 2. The molecule has 9 nitrogen and oxygen atoms in total. The molecular weight excluding hydrogens is 350 g/mol. The lowest BCUT2D eigenvalue weighted by molar-refractivity contribution is -0.136. The number of aldehydes is 1. The molecule has 0 aliphatic carbocycles. The normalized spacial score (nSPS) is 20.3. The molecule has 2 saturated heterocycles. The molecule has 0 saturated carbocycles. The van der Waals surface area contributed by atoms with Crippen molar-refractivity contribution in [3.8, 4) is 11.4 Å². The Hall–Kier alpha value is -3.23. The summed E-state index contributed by atoms with van der Waals surface area (Å²) in [6, 6.07) is 6.79. The van der Waals surface area contributed by atoms with Crippen molar-refractivity contribution in [3.05, 3.63) is 34.7 Å². The fourth-order valence-electron chi connectivity index (χ4n) is 3.46. The van der Waals surface area contributed by atoms with Crippen LogP contribution in [0.3, 0.4) is 0 Å². The van der Waals surface area contributed by atoms with Crippen molar-refractivity contribution in [2.24, 2.45) is 13.0 Å². The second kappa shape index (κ2) is 6.49. The Bertz CT molecular complexity index is 969. The summed E-state index contributed by atoms with van der Waals surface area (Å²) in [7, 11) is 1.60. The molecule has 2 aliphatic heterocycles. The molecule has 140 valence electrons. The van der Waals surface area contributed by atoms with Crippen molar-refractivity contribution in [2.75, 3.05) is 18.0 Å². The highest BCUT2D eigenvalue weighted by molar-refractivity contribution is 5.99. The zero-order valence-electron chi connectivity index (χ0n) is 14.8. The maximum absolute atomic E-state index is 12.5. The molecule has 2 aliphatic rings. The first kappa shape index (κ1) is 17.2. The van der Waals surface area contributed by atoms with Gasteiger partial charge in [0.25, 0.3) is 5.91 Å². The Kier molecular flexibility index (Phi) is 4.14. The van der Waals surface area contributed by atoms with Gasteiger partial charge in [-0.3, -0.25) is 19.5 Å². The molecule has 1 aromatic carbocycles. The predicted octanol–water partition coefficient (Wildman–Crippen LogP) is -0.138. The minimum Gasteiger partial charge on any atom is -0.370 e. The third kappa shape index (κ3) is 2.94. The first-order chi connectivity index (χ1) is 13.0. The van der Waals surface area contributed by atoms with E-state index >= 15 is 0 Å². The van der Waals surface area contributed by atoms with Crippen molar-refractivity contribution in [1.29, 1.82) is 0 Å². The lowest BCUT2D eigenvalue weighted by atomic mass is 10.0. The molecule has 1 unspecified atom stereocenters. The van der Waals surface area contributed by atoms with Gasteiger partial charge in [0.05, 0.1) is 0 Å². The van der Waals surface area contributed by atoms with Gasteiger partial charge in [0.15, 0.2) is 5.82 Å². The third-order valence-electron chi connectivity index (χ3n) is 5.10. The van der Waals surface area contributed by atoms with Crippen LogP contribution in [0.4, 0.5) is 5.69 Å². The SMILES string of the molecule is Cn1c(-c2ccc(N3CC(C=O)C3)cc2)nn(C2CCC(=O)NC2=O)c1=O. The monoisotopic (exact) mass is 369 g/mol. The molecule has 1 N–H and O–H groups in total. The topological polar surface area (TPSA) is 106 Å². The summed E-state index contributed by atoms with van der Waals surface area (Å²) >= 11 is 0. The van der Waals surface area contributed by atoms with Gasteiger partial charge in [0.1, 0.15) is 12.3 Å². The molecule has 1 atom stereocenters. The van der Waals surface area contributed by atoms with E-state index in [0.29, 0.717) is 18.9 Å². The molecule has 9 heteroatoms. The number of carbonyl (C=O) groups excluding carboxylic acids is 3. The molecule has 1 aromatic heterocycles. The maximum atomic E-state index is 12.5. The van der Waals surface area contributed by atoms with E-state index in [-0.39, 0.29) is 24.7 Å². The smallest absolute Gasteiger partial charge is 0.346 e. The van der Waals surface area contributed by atoms with Gasteiger partial charge in [-0.25, -0.2) is 9.48 Å². The number of hydrogen-bond donors (Lipinski definition) is 1. The van der Waals surface area contributed by atoms with Crippen LogP contribution in [0.5, 0.6) is 0 Å². The van der Waals surface area contributed by atoms with Gasteiger partial charge in [0, 0.05) is 43.7 Å². The Labute approximate surface area is 154 Å². The Morgan fingerprint density at radius 3 is 2.48 bits per heavy atom. The minimum absolute atomic E-state index is 0.0923. The fourth-order valence-corrected chi connectivity index (χ4v) is 3.46. The maximum Gasteiger partial charge on any atom is 0.346 e. The number of carbonyl (C=O) groups is 3. The second-order valence-corrected chi connectivity index (χ2v) is 6.92. The standard InChI is InChI=1S/C18H19N5O4/c1-21-16(12-2-4-13(5-3-12)22-8-11(9-22)10-24)20-23(18(21)27)14-6-7-15(25)19-17(14)26/h2-5,10-11,14H,6-9H2,1H3,(H,19,25,26). The van der Waals surface area contributed by atoms with Gasteiger partial charge in [-0.1, -0.05) is 0 Å². The number of anilines is 1. The third-order valence-corrected chi connectivity index (χ3v) is 5.10. The Balaban J connectivity index is 1.59. The van der Waals surface area contributed by atoms with Gasteiger partial charge < -0.3 is 9.69 Å². The molecule has 0 radical (unpaired) electrons. The van der Waals surface area contributed by atoms with Crippen LogP contribution in [0, 0.1) is 5.92 Å². The van der Waals surface area contributed by atoms with E-state index < -0.39 is 17.6 Å². The number of hydrogen-bond acceptors (Lipinski definition) is 6. The van der Waals surface area contributed by atoms with E-state index in [0.717, 1.165) is 22.2 Å². The molecule has 2 aromatic rings. The van der Waals surface area contributed by atoms with Gasteiger partial charge in [0.2, 0.25) is 5.91 Å². The molecule has 2 amide bonds. The number of piperidine rings is 1. The number of imide groups is 1. The van der Waals surface area contributed by atoms with Crippen LogP contribution in [-0.4, -0.2) is 45.5 Å². The highest BCUT2D eigenvalue weighted by atomic mass is 16.2. The van der Waals surface area contributed by atoms with Crippen LogP contribution in [0.2, 0.25) is 0 Å². The number of benzene rings is 1. The van der Waals surface area contributed by atoms with E-state index in [1.807, 2.05) is 24.3 Å². The predicted molar refractivity (Wildman–Crippen MR) is 96.1 cm³/mol. The van der Waals surface area contributed by atoms with Crippen molar-refractivity contribution in [2.45, 2.75) is 18.9 Å². The van der Waals surface area contributed by atoms with E-state index in [4.69, 9.17) is 0 Å². The summed E-state index contributed by atoms with van der Waals surface area (Å²) in [5, 5.41) is 6.60. The van der Waals surface area contributed by atoms with Crippen molar-refractivity contribution >= 4 is 23.8 Å². The lowest BCUT2D eigenvalue weighted by Crippen LogP contribution is -2.47. The van der Waals surface area contributed by atoms with Crippen molar-refractivity contribution in [3.63, 3.8) is 0 Å². The Morgan fingerprint density at radius 1 is 1.15 bits per heavy atom. The van der Waals surface area contributed by atoms with E-state index in [1.165, 1.54) is 4.57 Å². The molecule has 0 spiro atoms. The minimum atomic E-state index is -0.782. The Morgan fingerprint density at radius 2 is 1.85 bits per heavy atom. The van der Waals surface area contributed by atoms with Crippen molar-refractivity contribution < 1.29 is 14.4 Å². The van der Waals surface area contributed by atoms with E-state index in [1.54, 1.807) is 7.05 Å². The summed E-state index contributed by atoms with van der Waals surface area (Å²) < 4.78 is 2.54. The van der Waals surface area contributed by atoms with Crippen LogP contribution < -0.4 is 15.9 Å². The second-order valence-electron chi connectivity index (χ2n) is 6.92. The zero-order valence-corrected chi connectivity index (χ0v) is 14.8. The highest BCUT2D eigenvalue weighted by Gasteiger charge is 2.31. The summed E-state index contributed by atoms with van der Waals surface area (Å²) in [4.78, 5) is 48.7. The number of rotatable bonds is 4. The quantitative estimate of drug-likeness (QED) is 0.594. The van der Waals surface area contributed by atoms with Crippen LogP contribution in [0.25, 0.3) is 11.4 Å². The van der Waals surface area contributed by atoms with Crippen LogP contribution in [0.15, 0.2) is 29.1 Å². The summed E-state index contributed by atoms with van der Waals surface area (Å²) in [5.41, 5.74) is 1.35. The average Bonchev–Trinajstić information content (AvgIpc) is 2.90. The average molecular weight is 369 g/mol. The largest absolute Gasteiger partial charge is 0.370 e. The molecule has 4 rings (SSSR count). The van der Waals surface area contributed by atoms with Crippen LogP contribution in [-0.2, 0) is 21.4 Å². The van der Waals surface area contributed by atoms with Gasteiger partial charge in [-0.05, 0) is 30.7 Å². The molecule has 0 bridgehead atoms. The molecule has 27 heavy (non-hydrogen) atoms. The van der Waals surface area contributed by atoms with E-state index in [9.17, 15) is 19.2 Å². The van der Waals surface area contributed by atoms with Gasteiger partial charge in [-0.15, -0.1) is 5.10 Å². The van der Waals surface area contributed by atoms with Gasteiger partial charge in [-0.2, -0.15) is 0 Å². The highest BCUT2D eigenvalue weighted by Crippen LogP contribution is 2.26. The summed E-state index contributed by atoms with van der Waals surface area (Å²) in [5.74, 6) is -0.296. The van der Waals surface area contributed by atoms with Crippen LogP contribution in [0.1, 0.15) is 18.9 Å².